The van der Waals surface area contributed by atoms with Gasteiger partial charge in [-0.05, 0) is 68.8 Å². The van der Waals surface area contributed by atoms with Gasteiger partial charge in [0.05, 0.1) is 12.8 Å². The van der Waals surface area contributed by atoms with Crippen LogP contribution < -0.4 is 10.1 Å². The molecule has 0 unspecified atom stereocenters. The number of benzene rings is 2. The number of rotatable bonds is 6. The van der Waals surface area contributed by atoms with Crippen LogP contribution in [0.3, 0.4) is 0 Å². The molecular weight excluding hydrogens is 386 g/mol. The molecule has 1 aliphatic heterocycles. The van der Waals surface area contributed by atoms with Crippen molar-refractivity contribution in [2.24, 2.45) is 5.92 Å². The van der Waals surface area contributed by atoms with Crippen molar-refractivity contribution in [1.82, 2.24) is 9.88 Å². The highest BCUT2D eigenvalue weighted by Crippen LogP contribution is 2.31. The average Bonchev–Trinajstić information content (AvgIpc) is 2.80. The van der Waals surface area contributed by atoms with Crippen molar-refractivity contribution < 1.29 is 9.53 Å². The van der Waals surface area contributed by atoms with E-state index >= 15 is 0 Å². The predicted molar refractivity (Wildman–Crippen MR) is 124 cm³/mol. The zero-order chi connectivity index (χ0) is 21.6. The summed E-state index contributed by atoms with van der Waals surface area (Å²) >= 11 is 0. The van der Waals surface area contributed by atoms with Gasteiger partial charge < -0.3 is 10.1 Å². The molecule has 5 nitrogen and oxygen atoms in total. The lowest BCUT2D eigenvalue weighted by Gasteiger charge is -2.31. The number of amides is 1. The molecule has 31 heavy (non-hydrogen) atoms. The quantitative estimate of drug-likeness (QED) is 0.621. The van der Waals surface area contributed by atoms with Gasteiger partial charge in [0.25, 0.3) is 0 Å². The van der Waals surface area contributed by atoms with Crippen molar-refractivity contribution in [2.75, 3.05) is 25.5 Å². The van der Waals surface area contributed by atoms with E-state index in [0.717, 1.165) is 66.4 Å². The molecular formula is C26H29N3O2. The molecule has 2 heterocycles. The Bertz CT molecular complexity index is 1040. The number of ether oxygens (including phenoxy) is 1. The van der Waals surface area contributed by atoms with Gasteiger partial charge in [-0.15, -0.1) is 0 Å². The zero-order valence-corrected chi connectivity index (χ0v) is 18.2. The molecule has 0 bridgehead atoms. The van der Waals surface area contributed by atoms with Crippen molar-refractivity contribution in [3.63, 3.8) is 0 Å². The minimum atomic E-state index is 0.0279. The van der Waals surface area contributed by atoms with Gasteiger partial charge in [0.2, 0.25) is 5.91 Å². The second kappa shape index (κ2) is 9.75. The summed E-state index contributed by atoms with van der Waals surface area (Å²) in [7, 11) is 1.66. The standard InChI is InChI=1S/C26H29N3O2/c1-19-7-5-9-22(27-19)18-29-15-13-20(14-16-29)26(30)28-25-12-4-3-11-24(25)21-8-6-10-23(17-21)31-2/h3-12,17,20H,13-16,18H2,1-2H3,(H,28,30). The summed E-state index contributed by atoms with van der Waals surface area (Å²) in [6.45, 7) is 4.68. The Hall–Kier alpha value is -3.18. The lowest BCUT2D eigenvalue weighted by atomic mass is 9.95. The van der Waals surface area contributed by atoms with E-state index in [1.807, 2.05) is 61.5 Å². The summed E-state index contributed by atoms with van der Waals surface area (Å²) in [6.07, 6.45) is 1.72. The Kier molecular flexibility index (Phi) is 6.63. The van der Waals surface area contributed by atoms with Gasteiger partial charge in [-0.3, -0.25) is 14.7 Å². The van der Waals surface area contributed by atoms with E-state index in [0.29, 0.717) is 0 Å². The van der Waals surface area contributed by atoms with Crippen LogP contribution in [-0.2, 0) is 11.3 Å². The fourth-order valence-corrected chi connectivity index (χ4v) is 4.14. The van der Waals surface area contributed by atoms with Crippen molar-refractivity contribution >= 4 is 11.6 Å². The van der Waals surface area contributed by atoms with Crippen LogP contribution in [0, 0.1) is 12.8 Å². The zero-order valence-electron chi connectivity index (χ0n) is 18.2. The molecule has 1 aromatic heterocycles. The van der Waals surface area contributed by atoms with Gasteiger partial charge in [-0.2, -0.15) is 0 Å². The van der Waals surface area contributed by atoms with Gasteiger partial charge in [-0.1, -0.05) is 36.4 Å². The number of carbonyl (C=O) groups excluding carboxylic acids is 1. The largest absolute Gasteiger partial charge is 0.497 e. The maximum absolute atomic E-state index is 13.0. The normalized spacial score (nSPS) is 14.9. The highest BCUT2D eigenvalue weighted by atomic mass is 16.5. The average molecular weight is 416 g/mol. The Morgan fingerprint density at radius 2 is 1.84 bits per heavy atom. The highest BCUT2D eigenvalue weighted by Gasteiger charge is 2.25. The molecule has 0 radical (unpaired) electrons. The molecule has 2 aromatic carbocycles. The first-order chi connectivity index (χ1) is 15.1. The molecule has 0 atom stereocenters. The monoisotopic (exact) mass is 415 g/mol. The van der Waals surface area contributed by atoms with E-state index in [9.17, 15) is 4.79 Å². The first-order valence-corrected chi connectivity index (χ1v) is 10.8. The first-order valence-electron chi connectivity index (χ1n) is 10.8. The molecule has 160 valence electrons. The lowest BCUT2D eigenvalue weighted by Crippen LogP contribution is -2.38. The number of hydrogen-bond donors (Lipinski definition) is 1. The Morgan fingerprint density at radius 1 is 1.06 bits per heavy atom. The first kappa shape index (κ1) is 21.1. The smallest absolute Gasteiger partial charge is 0.227 e. The van der Waals surface area contributed by atoms with Crippen LogP contribution in [-0.4, -0.2) is 36.0 Å². The third-order valence-electron chi connectivity index (χ3n) is 5.86. The van der Waals surface area contributed by atoms with E-state index in [1.165, 1.54) is 0 Å². The lowest BCUT2D eigenvalue weighted by molar-refractivity contribution is -0.121. The maximum Gasteiger partial charge on any atom is 0.227 e. The Morgan fingerprint density at radius 3 is 2.61 bits per heavy atom. The number of pyridine rings is 1. The van der Waals surface area contributed by atoms with Crippen molar-refractivity contribution in [1.29, 1.82) is 0 Å². The fourth-order valence-electron chi connectivity index (χ4n) is 4.14. The fraction of sp³-hybridized carbons (Fsp3) is 0.308. The number of aryl methyl sites for hydroxylation is 1. The molecule has 0 saturated carbocycles. The van der Waals surface area contributed by atoms with Crippen LogP contribution in [0.4, 0.5) is 5.69 Å². The van der Waals surface area contributed by atoms with Crippen LogP contribution in [0.1, 0.15) is 24.2 Å². The minimum absolute atomic E-state index is 0.0279. The molecule has 0 aliphatic carbocycles. The minimum Gasteiger partial charge on any atom is -0.497 e. The summed E-state index contributed by atoms with van der Waals surface area (Å²) in [5.41, 5.74) is 5.00. The van der Waals surface area contributed by atoms with E-state index in [2.05, 4.69) is 27.3 Å². The molecule has 4 rings (SSSR count). The third kappa shape index (κ3) is 5.30. The predicted octanol–water partition coefficient (Wildman–Crippen LogP) is 4.92. The summed E-state index contributed by atoms with van der Waals surface area (Å²) in [6, 6.07) is 22.0. The van der Waals surface area contributed by atoms with Crippen molar-refractivity contribution in [3.05, 3.63) is 78.1 Å². The molecule has 0 spiro atoms. The molecule has 1 N–H and O–H groups in total. The molecule has 3 aromatic rings. The summed E-state index contributed by atoms with van der Waals surface area (Å²) in [5, 5.41) is 3.18. The Balaban J connectivity index is 1.38. The van der Waals surface area contributed by atoms with Crippen LogP contribution in [0.5, 0.6) is 5.75 Å². The van der Waals surface area contributed by atoms with Crippen LogP contribution in [0.2, 0.25) is 0 Å². The van der Waals surface area contributed by atoms with Gasteiger partial charge in [0.1, 0.15) is 5.75 Å². The number of para-hydroxylation sites is 1. The summed E-state index contributed by atoms with van der Waals surface area (Å²) < 4.78 is 5.36. The Labute approximate surface area is 184 Å². The number of hydrogen-bond acceptors (Lipinski definition) is 4. The third-order valence-corrected chi connectivity index (χ3v) is 5.86. The van der Waals surface area contributed by atoms with Gasteiger partial charge >= 0.3 is 0 Å². The number of piperidine rings is 1. The molecule has 5 heteroatoms. The van der Waals surface area contributed by atoms with Crippen LogP contribution >= 0.6 is 0 Å². The number of methoxy groups -OCH3 is 1. The van der Waals surface area contributed by atoms with Gasteiger partial charge in [0.15, 0.2) is 0 Å². The number of nitrogens with one attached hydrogen (secondary N) is 1. The van der Waals surface area contributed by atoms with E-state index in [1.54, 1.807) is 7.11 Å². The van der Waals surface area contributed by atoms with Gasteiger partial charge in [-0.25, -0.2) is 0 Å². The van der Waals surface area contributed by atoms with Crippen molar-refractivity contribution in [3.8, 4) is 16.9 Å². The number of aromatic nitrogens is 1. The maximum atomic E-state index is 13.0. The van der Waals surface area contributed by atoms with E-state index in [-0.39, 0.29) is 11.8 Å². The number of nitrogens with zero attached hydrogens (tertiary/aromatic N) is 2. The molecule has 1 amide bonds. The van der Waals surface area contributed by atoms with Crippen molar-refractivity contribution in [2.45, 2.75) is 26.3 Å². The molecule has 1 fully saturated rings. The van der Waals surface area contributed by atoms with Crippen LogP contribution in [0.25, 0.3) is 11.1 Å². The van der Waals surface area contributed by atoms with E-state index in [4.69, 9.17) is 4.74 Å². The summed E-state index contributed by atoms with van der Waals surface area (Å²) in [5.74, 6) is 0.929. The second-order valence-electron chi connectivity index (χ2n) is 8.09. The number of anilines is 1. The van der Waals surface area contributed by atoms with E-state index < -0.39 is 0 Å². The second-order valence-corrected chi connectivity index (χ2v) is 8.09. The highest BCUT2D eigenvalue weighted by molar-refractivity contribution is 5.96. The number of likely N-dealkylation sites (tertiary alicyclic amines) is 1. The van der Waals surface area contributed by atoms with Crippen LogP contribution in [0.15, 0.2) is 66.7 Å². The summed E-state index contributed by atoms with van der Waals surface area (Å²) in [4.78, 5) is 20.0. The molecule has 1 aliphatic rings. The SMILES string of the molecule is COc1cccc(-c2ccccc2NC(=O)C2CCN(Cc3cccc(C)n3)CC2)c1. The number of carbonyl (C=O) groups is 1. The molecule has 1 saturated heterocycles. The topological polar surface area (TPSA) is 54.5 Å². The van der Waals surface area contributed by atoms with Gasteiger partial charge in [0, 0.05) is 29.4 Å².